The summed E-state index contributed by atoms with van der Waals surface area (Å²) in [6, 6.07) is 8.78. The summed E-state index contributed by atoms with van der Waals surface area (Å²) in [4.78, 5) is 18.6. The molecule has 4 rings (SSSR count). The topological polar surface area (TPSA) is 126 Å². The van der Waals surface area contributed by atoms with Crippen LogP contribution in [0, 0.1) is 5.92 Å². The molecular weight excluding hydrogens is 468 g/mol. The Bertz CT molecular complexity index is 1200. The first-order chi connectivity index (χ1) is 15.7. The van der Waals surface area contributed by atoms with Gasteiger partial charge in [-0.05, 0) is 35.9 Å². The lowest BCUT2D eigenvalue weighted by molar-refractivity contribution is -0.119. The van der Waals surface area contributed by atoms with Gasteiger partial charge in [0.15, 0.2) is 0 Å². The zero-order valence-electron chi connectivity index (χ0n) is 18.1. The number of benzene rings is 1. The molecule has 0 aliphatic carbocycles. The Morgan fingerprint density at radius 3 is 2.45 bits per heavy atom. The lowest BCUT2D eigenvalue weighted by Crippen LogP contribution is -2.43. The molecule has 10 nitrogen and oxygen atoms in total. The van der Waals surface area contributed by atoms with E-state index in [1.54, 1.807) is 19.3 Å². The van der Waals surface area contributed by atoms with Gasteiger partial charge in [0.05, 0.1) is 41.5 Å². The maximum Gasteiger partial charge on any atom is 0.244 e. The van der Waals surface area contributed by atoms with E-state index in [0.29, 0.717) is 26.3 Å². The molecule has 3 heterocycles. The second-order valence-electron chi connectivity index (χ2n) is 8.08. The van der Waals surface area contributed by atoms with E-state index < -0.39 is 31.9 Å². The largest absolute Gasteiger partial charge is 0.379 e. The van der Waals surface area contributed by atoms with Crippen LogP contribution in [0.1, 0.15) is 18.5 Å². The molecule has 1 aromatic heterocycles. The second-order valence-corrected chi connectivity index (χ2v) is 11.7. The maximum atomic E-state index is 13.0. The first kappa shape index (κ1) is 23.8. The van der Waals surface area contributed by atoms with Crippen molar-refractivity contribution in [3.05, 3.63) is 54.4 Å². The fraction of sp³-hybridized carbons (Fsp3) is 0.429. The second kappa shape index (κ2) is 9.47. The molecule has 2 aliphatic heterocycles. The standard InChI is InChI=1S/C21H26N4O6S2/c1-16-15-32(27,28)25(21(16)26)18-4-6-19(7-5-18)33(29,30)23-14-20(17-3-2-8-22-13-17)24-9-11-31-12-10-24/h2-8,13,16,20,23H,9-12,14-15H2,1H3. The van der Waals surface area contributed by atoms with Crippen molar-refractivity contribution >= 4 is 31.6 Å². The minimum absolute atomic E-state index is 0.0183. The third-order valence-electron chi connectivity index (χ3n) is 5.76. The number of hydrogen-bond acceptors (Lipinski definition) is 8. The van der Waals surface area contributed by atoms with Gasteiger partial charge in [0.1, 0.15) is 0 Å². The van der Waals surface area contributed by atoms with Crippen LogP contribution in [0.4, 0.5) is 5.69 Å². The number of ether oxygens (including phenoxy) is 1. The van der Waals surface area contributed by atoms with Gasteiger partial charge in [-0.15, -0.1) is 0 Å². The Morgan fingerprint density at radius 2 is 1.88 bits per heavy atom. The molecule has 2 fully saturated rings. The van der Waals surface area contributed by atoms with Crippen LogP contribution in [-0.2, 0) is 29.6 Å². The Labute approximate surface area is 193 Å². The Morgan fingerprint density at radius 1 is 1.18 bits per heavy atom. The van der Waals surface area contributed by atoms with E-state index in [2.05, 4.69) is 14.6 Å². The van der Waals surface area contributed by atoms with Crippen LogP contribution in [-0.4, -0.2) is 71.2 Å². The molecule has 1 amide bonds. The predicted octanol–water partition coefficient (Wildman–Crippen LogP) is 0.746. The average molecular weight is 495 g/mol. The van der Waals surface area contributed by atoms with Crippen LogP contribution in [0.25, 0.3) is 0 Å². The summed E-state index contributed by atoms with van der Waals surface area (Å²) in [5, 5.41) is 0. The number of carbonyl (C=O) groups is 1. The molecule has 0 saturated carbocycles. The van der Waals surface area contributed by atoms with Gasteiger partial charge >= 0.3 is 0 Å². The molecule has 0 radical (unpaired) electrons. The number of nitrogens with one attached hydrogen (secondary N) is 1. The van der Waals surface area contributed by atoms with Crippen molar-refractivity contribution in [2.75, 3.05) is 42.9 Å². The van der Waals surface area contributed by atoms with Crippen molar-refractivity contribution in [2.45, 2.75) is 17.9 Å². The van der Waals surface area contributed by atoms with Gasteiger partial charge in [0.2, 0.25) is 26.0 Å². The van der Waals surface area contributed by atoms with Gasteiger partial charge in [0, 0.05) is 32.0 Å². The summed E-state index contributed by atoms with van der Waals surface area (Å²) < 4.78 is 59.3. The molecule has 2 aromatic rings. The lowest BCUT2D eigenvalue weighted by Gasteiger charge is -2.34. The molecule has 178 valence electrons. The third-order valence-corrected chi connectivity index (χ3v) is 9.07. The SMILES string of the molecule is CC1CS(=O)(=O)N(c2ccc(S(=O)(=O)NCC(c3cccnc3)N3CCOCC3)cc2)C1=O. The number of hydrogen-bond donors (Lipinski definition) is 1. The molecule has 1 N–H and O–H groups in total. The smallest absolute Gasteiger partial charge is 0.244 e. The van der Waals surface area contributed by atoms with E-state index in [1.807, 2.05) is 12.1 Å². The molecule has 1 aromatic carbocycles. The molecule has 0 spiro atoms. The highest BCUT2D eigenvalue weighted by atomic mass is 32.2. The highest BCUT2D eigenvalue weighted by Crippen LogP contribution is 2.29. The van der Waals surface area contributed by atoms with E-state index in [9.17, 15) is 21.6 Å². The van der Waals surface area contributed by atoms with Crippen LogP contribution in [0.2, 0.25) is 0 Å². The molecule has 2 atom stereocenters. The number of pyridine rings is 1. The van der Waals surface area contributed by atoms with Crippen molar-refractivity contribution in [2.24, 2.45) is 5.92 Å². The summed E-state index contributed by atoms with van der Waals surface area (Å²) in [5.74, 6) is -1.41. The molecule has 12 heteroatoms. The fourth-order valence-corrected chi connectivity index (χ4v) is 6.90. The number of carbonyl (C=O) groups excluding carboxylic acids is 1. The van der Waals surface area contributed by atoms with E-state index in [0.717, 1.165) is 9.87 Å². The average Bonchev–Trinajstić information content (AvgIpc) is 3.01. The minimum Gasteiger partial charge on any atom is -0.379 e. The summed E-state index contributed by atoms with van der Waals surface area (Å²) in [5.41, 5.74) is 1.02. The molecule has 2 unspecified atom stereocenters. The lowest BCUT2D eigenvalue weighted by atomic mass is 10.1. The van der Waals surface area contributed by atoms with Gasteiger partial charge in [-0.1, -0.05) is 13.0 Å². The highest BCUT2D eigenvalue weighted by Gasteiger charge is 2.42. The van der Waals surface area contributed by atoms with Crippen molar-refractivity contribution < 1.29 is 26.4 Å². The monoisotopic (exact) mass is 494 g/mol. The fourth-order valence-electron chi connectivity index (χ4n) is 4.04. The van der Waals surface area contributed by atoms with Gasteiger partial charge in [0.25, 0.3) is 0 Å². The summed E-state index contributed by atoms with van der Waals surface area (Å²) in [6.07, 6.45) is 3.38. The van der Waals surface area contributed by atoms with E-state index in [1.165, 1.54) is 24.3 Å². The van der Waals surface area contributed by atoms with Crippen molar-refractivity contribution in [1.29, 1.82) is 0 Å². The number of nitrogens with zero attached hydrogens (tertiary/aromatic N) is 3. The molecule has 2 saturated heterocycles. The normalized spacial score (nSPS) is 22.4. The number of amides is 1. The van der Waals surface area contributed by atoms with Crippen LogP contribution < -0.4 is 9.03 Å². The maximum absolute atomic E-state index is 13.0. The first-order valence-electron chi connectivity index (χ1n) is 10.6. The zero-order valence-corrected chi connectivity index (χ0v) is 19.8. The highest BCUT2D eigenvalue weighted by molar-refractivity contribution is 7.94. The van der Waals surface area contributed by atoms with Crippen molar-refractivity contribution in [3.63, 3.8) is 0 Å². The van der Waals surface area contributed by atoms with Crippen LogP contribution >= 0.6 is 0 Å². The summed E-state index contributed by atoms with van der Waals surface area (Å²) >= 11 is 0. The van der Waals surface area contributed by atoms with Gasteiger partial charge in [-0.25, -0.2) is 25.9 Å². The van der Waals surface area contributed by atoms with E-state index >= 15 is 0 Å². The van der Waals surface area contributed by atoms with Crippen molar-refractivity contribution in [1.82, 2.24) is 14.6 Å². The number of anilines is 1. The Kier molecular flexibility index (Phi) is 6.82. The van der Waals surface area contributed by atoms with Gasteiger partial charge in [-0.2, -0.15) is 0 Å². The summed E-state index contributed by atoms with van der Waals surface area (Å²) in [7, 11) is -7.63. The Balaban J connectivity index is 1.51. The zero-order chi connectivity index (χ0) is 23.6. The van der Waals surface area contributed by atoms with Gasteiger partial charge in [-0.3, -0.25) is 14.7 Å². The predicted molar refractivity (Wildman–Crippen MR) is 121 cm³/mol. The number of morpholine rings is 1. The van der Waals surface area contributed by atoms with Crippen molar-refractivity contribution in [3.8, 4) is 0 Å². The third kappa shape index (κ3) is 5.09. The van der Waals surface area contributed by atoms with Crippen LogP contribution in [0.3, 0.4) is 0 Å². The first-order valence-corrected chi connectivity index (χ1v) is 13.7. The van der Waals surface area contributed by atoms with Gasteiger partial charge < -0.3 is 4.74 Å². The molecule has 2 aliphatic rings. The summed E-state index contributed by atoms with van der Waals surface area (Å²) in [6.45, 7) is 4.17. The van der Waals surface area contributed by atoms with E-state index in [-0.39, 0.29) is 28.9 Å². The van der Waals surface area contributed by atoms with Crippen LogP contribution in [0.5, 0.6) is 0 Å². The quantitative estimate of drug-likeness (QED) is 0.598. The van der Waals surface area contributed by atoms with Crippen LogP contribution in [0.15, 0.2) is 53.7 Å². The molecular formula is C21H26N4O6S2. The number of aromatic nitrogens is 1. The minimum atomic E-state index is -3.88. The molecule has 0 bridgehead atoms. The van der Waals surface area contributed by atoms with E-state index in [4.69, 9.17) is 4.74 Å². The Hall–Kier alpha value is -2.38. The molecule has 33 heavy (non-hydrogen) atoms. The number of sulfonamides is 2. The number of rotatable bonds is 7.